The molecule has 0 spiro atoms. The average molecular weight is 519 g/mol. The highest BCUT2D eigenvalue weighted by Gasteiger charge is 2.34. The van der Waals surface area contributed by atoms with Crippen molar-refractivity contribution in [3.8, 4) is 5.75 Å². The molecule has 0 unspecified atom stereocenters. The van der Waals surface area contributed by atoms with E-state index in [2.05, 4.69) is 5.32 Å². The fraction of sp³-hybridized carbons (Fsp3) is 0.462. The number of para-hydroxylation sites is 1. The molecule has 0 fully saturated rings. The zero-order valence-corrected chi connectivity index (χ0v) is 22.8. The first-order chi connectivity index (χ1) is 17.0. The van der Waals surface area contributed by atoms with Crippen molar-refractivity contribution in [2.45, 2.75) is 52.2 Å². The topological polar surface area (TPSA) is 99.3 Å². The minimum atomic E-state index is -3.98. The van der Waals surface area contributed by atoms with Crippen LogP contribution in [0.1, 0.15) is 39.2 Å². The van der Waals surface area contributed by atoms with Crippen molar-refractivity contribution in [2.75, 3.05) is 32.1 Å². The van der Waals surface area contributed by atoms with Crippen LogP contribution in [0.3, 0.4) is 0 Å². The van der Waals surface area contributed by atoms with Crippen molar-refractivity contribution < 1.29 is 22.7 Å². The van der Waals surface area contributed by atoms with Gasteiger partial charge in [-0.05, 0) is 49.6 Å². The second-order valence-electron chi connectivity index (χ2n) is 8.75. The summed E-state index contributed by atoms with van der Waals surface area (Å²) < 4.78 is 33.8. The molecule has 0 bridgehead atoms. The molecule has 0 heterocycles. The Hall–Kier alpha value is -3.11. The molecule has 0 saturated heterocycles. The van der Waals surface area contributed by atoms with E-state index in [1.165, 1.54) is 19.0 Å². The van der Waals surface area contributed by atoms with Crippen LogP contribution < -0.4 is 14.4 Å². The van der Waals surface area contributed by atoms with Crippen LogP contribution in [0, 0.1) is 0 Å². The van der Waals surface area contributed by atoms with Gasteiger partial charge in [-0.15, -0.1) is 0 Å². The third-order valence-corrected chi connectivity index (χ3v) is 7.76. The summed E-state index contributed by atoms with van der Waals surface area (Å²) in [5.74, 6) is -0.138. The first-order valence-corrected chi connectivity index (χ1v) is 13.4. The second kappa shape index (κ2) is 13.3. The molecule has 198 valence electrons. The van der Waals surface area contributed by atoms with E-state index in [1.54, 1.807) is 49.6 Å². The number of amides is 2. The summed E-state index contributed by atoms with van der Waals surface area (Å²) in [7, 11) is 0.404. The summed E-state index contributed by atoms with van der Waals surface area (Å²) in [5, 5.41) is 2.96. The normalized spacial score (nSPS) is 13.1. The lowest BCUT2D eigenvalue weighted by molar-refractivity contribution is -0.140. The predicted molar refractivity (Wildman–Crippen MR) is 142 cm³/mol. The van der Waals surface area contributed by atoms with E-state index in [0.29, 0.717) is 17.9 Å². The number of benzene rings is 2. The number of carbonyl (C=O) groups excluding carboxylic acids is 2. The third-order valence-electron chi connectivity index (χ3n) is 5.94. The maximum absolute atomic E-state index is 13.8. The maximum atomic E-state index is 13.8. The van der Waals surface area contributed by atoms with Gasteiger partial charge in [-0.25, -0.2) is 4.31 Å². The number of methoxy groups -OCH3 is 1. The lowest BCUT2D eigenvalue weighted by atomic mass is 10.1. The fourth-order valence-electron chi connectivity index (χ4n) is 3.64. The van der Waals surface area contributed by atoms with E-state index < -0.39 is 28.7 Å². The van der Waals surface area contributed by atoms with E-state index in [4.69, 9.17) is 4.74 Å². The van der Waals surface area contributed by atoms with Crippen LogP contribution in [0.15, 0.2) is 54.6 Å². The first-order valence-electron chi connectivity index (χ1n) is 12.0. The highest BCUT2D eigenvalue weighted by atomic mass is 32.2. The van der Waals surface area contributed by atoms with Crippen molar-refractivity contribution in [1.82, 2.24) is 14.5 Å². The van der Waals surface area contributed by atoms with Crippen molar-refractivity contribution >= 4 is 27.7 Å². The van der Waals surface area contributed by atoms with E-state index >= 15 is 0 Å². The average Bonchev–Trinajstić information content (AvgIpc) is 2.87. The minimum Gasteiger partial charge on any atom is -0.497 e. The van der Waals surface area contributed by atoms with Gasteiger partial charge < -0.3 is 15.0 Å². The molecule has 9 nitrogen and oxygen atoms in total. The monoisotopic (exact) mass is 518 g/mol. The van der Waals surface area contributed by atoms with Gasteiger partial charge in [0.25, 0.3) is 0 Å². The van der Waals surface area contributed by atoms with Crippen LogP contribution in [0.25, 0.3) is 0 Å². The van der Waals surface area contributed by atoms with Gasteiger partial charge in [-0.2, -0.15) is 12.7 Å². The summed E-state index contributed by atoms with van der Waals surface area (Å²) in [6.45, 7) is 5.36. The van der Waals surface area contributed by atoms with Gasteiger partial charge in [0.2, 0.25) is 11.8 Å². The molecule has 1 N–H and O–H groups in total. The molecule has 2 aromatic carbocycles. The standard InChI is InChI=1S/C26H38N4O5S/c1-7-20(3)27-26(32)24(8-2)29(18-21-13-12-16-23(17-21)35-6)25(31)19-30(36(33,34)28(4)5)22-14-10-9-11-15-22/h9-17,20,24H,7-8,18-19H2,1-6H3,(H,27,32)/t20-,24+/m1/s1. The Labute approximate surface area is 215 Å². The smallest absolute Gasteiger partial charge is 0.304 e. The minimum absolute atomic E-state index is 0.0599. The van der Waals surface area contributed by atoms with E-state index in [0.717, 1.165) is 20.6 Å². The summed E-state index contributed by atoms with van der Waals surface area (Å²) in [5.41, 5.74) is 1.12. The number of anilines is 1. The van der Waals surface area contributed by atoms with Crippen LogP contribution in [0.4, 0.5) is 5.69 Å². The molecule has 2 amide bonds. The highest BCUT2D eigenvalue weighted by molar-refractivity contribution is 7.90. The zero-order valence-electron chi connectivity index (χ0n) is 22.0. The molecule has 0 saturated carbocycles. The quantitative estimate of drug-likeness (QED) is 0.440. The van der Waals surface area contributed by atoms with Crippen molar-refractivity contribution in [3.63, 3.8) is 0 Å². The predicted octanol–water partition coefficient (Wildman–Crippen LogP) is 3.03. The lowest BCUT2D eigenvalue weighted by Crippen LogP contribution is -2.54. The Morgan fingerprint density at radius 1 is 1.00 bits per heavy atom. The van der Waals surface area contributed by atoms with Gasteiger partial charge in [0, 0.05) is 26.7 Å². The van der Waals surface area contributed by atoms with E-state index in [9.17, 15) is 18.0 Å². The number of rotatable bonds is 13. The maximum Gasteiger partial charge on any atom is 0.304 e. The third kappa shape index (κ3) is 7.44. The van der Waals surface area contributed by atoms with Crippen LogP contribution in [-0.4, -0.2) is 69.3 Å². The summed E-state index contributed by atoms with van der Waals surface area (Å²) in [6.07, 6.45) is 1.11. The van der Waals surface area contributed by atoms with Gasteiger partial charge >= 0.3 is 10.2 Å². The Morgan fingerprint density at radius 2 is 1.67 bits per heavy atom. The molecular formula is C26H38N4O5S. The first kappa shape index (κ1) is 29.1. The molecule has 0 aliphatic heterocycles. The fourth-order valence-corrected chi connectivity index (χ4v) is 4.70. The SMILES string of the molecule is CC[C@@H](C)NC(=O)[C@H](CC)N(Cc1cccc(OC)c1)C(=O)CN(c1ccccc1)S(=O)(=O)N(C)C. The van der Waals surface area contributed by atoms with Gasteiger partial charge in [0.15, 0.2) is 0 Å². The molecule has 0 aromatic heterocycles. The summed E-state index contributed by atoms with van der Waals surface area (Å²) in [4.78, 5) is 28.5. The van der Waals surface area contributed by atoms with E-state index in [-0.39, 0.29) is 18.5 Å². The number of hydrogen-bond donors (Lipinski definition) is 1. The number of carbonyl (C=O) groups is 2. The van der Waals surface area contributed by atoms with Crippen LogP contribution in [0.2, 0.25) is 0 Å². The lowest BCUT2D eigenvalue weighted by Gasteiger charge is -2.34. The summed E-state index contributed by atoms with van der Waals surface area (Å²) >= 11 is 0. The zero-order chi connectivity index (χ0) is 26.9. The Kier molecular flexibility index (Phi) is 10.7. The largest absolute Gasteiger partial charge is 0.497 e. The van der Waals surface area contributed by atoms with Crippen molar-refractivity contribution in [3.05, 3.63) is 60.2 Å². The number of nitrogens with zero attached hydrogens (tertiary/aromatic N) is 3. The van der Waals surface area contributed by atoms with Gasteiger partial charge in [-0.1, -0.05) is 44.2 Å². The van der Waals surface area contributed by atoms with Gasteiger partial charge in [-0.3, -0.25) is 9.59 Å². The second-order valence-corrected chi connectivity index (χ2v) is 10.8. The highest BCUT2D eigenvalue weighted by Crippen LogP contribution is 2.22. The molecule has 2 aromatic rings. The molecule has 36 heavy (non-hydrogen) atoms. The van der Waals surface area contributed by atoms with Crippen LogP contribution in [0.5, 0.6) is 5.75 Å². The number of ether oxygens (including phenoxy) is 1. The van der Waals surface area contributed by atoms with Crippen LogP contribution in [-0.2, 0) is 26.3 Å². The molecular weight excluding hydrogens is 480 g/mol. The Balaban J connectivity index is 2.49. The van der Waals surface area contributed by atoms with E-state index in [1.807, 2.05) is 32.9 Å². The molecule has 0 aliphatic rings. The Morgan fingerprint density at radius 3 is 2.22 bits per heavy atom. The summed E-state index contributed by atoms with van der Waals surface area (Å²) in [6, 6.07) is 14.9. The van der Waals surface area contributed by atoms with Gasteiger partial charge in [0.05, 0.1) is 12.8 Å². The molecule has 2 atom stereocenters. The number of hydrogen-bond acceptors (Lipinski definition) is 5. The number of nitrogens with one attached hydrogen (secondary N) is 1. The molecule has 10 heteroatoms. The van der Waals surface area contributed by atoms with Crippen molar-refractivity contribution in [1.29, 1.82) is 0 Å². The van der Waals surface area contributed by atoms with Crippen molar-refractivity contribution in [2.24, 2.45) is 0 Å². The van der Waals surface area contributed by atoms with Gasteiger partial charge in [0.1, 0.15) is 18.3 Å². The Bertz CT molecular complexity index is 1110. The molecule has 0 aliphatic carbocycles. The molecule has 2 rings (SSSR count). The van der Waals surface area contributed by atoms with Crippen LogP contribution >= 0.6 is 0 Å². The molecule has 0 radical (unpaired) electrons.